The lowest BCUT2D eigenvalue weighted by Gasteiger charge is -2.43. The first-order chi connectivity index (χ1) is 45.9. The number of rotatable bonds is 13. The Hall–Kier alpha value is -11.8. The maximum absolute atomic E-state index is 12.8. The number of carboxylic acids is 2. The molecule has 3 unspecified atom stereocenters. The van der Waals surface area contributed by atoms with Crippen molar-refractivity contribution in [3.63, 3.8) is 0 Å². The highest BCUT2D eigenvalue weighted by atomic mass is 16.7. The molecule has 4 aromatic carbocycles. The van der Waals surface area contributed by atoms with Crippen molar-refractivity contribution in [3.05, 3.63) is 187 Å². The minimum Gasteiger partial charge on any atom is -0.480 e. The smallest absolute Gasteiger partial charge is 0.364 e. The number of hydroxylamine groups is 2. The molecule has 0 aliphatic carbocycles. The van der Waals surface area contributed by atoms with Crippen molar-refractivity contribution in [3.8, 4) is 0 Å². The van der Waals surface area contributed by atoms with E-state index in [2.05, 4.69) is 40.4 Å². The van der Waals surface area contributed by atoms with Crippen molar-refractivity contribution in [2.24, 2.45) is 4.99 Å². The Morgan fingerprint density at radius 2 is 1.01 bits per heavy atom. The number of nitrogen functional groups attached to an aromatic ring is 1. The van der Waals surface area contributed by atoms with E-state index in [9.17, 15) is 84.3 Å². The number of anilines is 3. The Morgan fingerprint density at radius 1 is 0.562 bits per heavy atom. The number of nitrogens with one attached hydrogen (secondary N) is 2. The number of non-ortho nitro benzene ring substituents is 3. The molecule has 7 heterocycles. The van der Waals surface area contributed by atoms with Gasteiger partial charge in [-0.25, -0.2) is 29.5 Å². The van der Waals surface area contributed by atoms with Crippen LogP contribution in [0.1, 0.15) is 60.7 Å². The second-order valence-corrected chi connectivity index (χ2v) is 21.0. The highest BCUT2D eigenvalue weighted by Gasteiger charge is 2.39. The number of carbonyl (C=O) groups excluding carboxylic acids is 5. The molecule has 6 aromatic rings. The molecule has 4 amide bonds. The van der Waals surface area contributed by atoms with Gasteiger partial charge < -0.3 is 76.3 Å². The van der Waals surface area contributed by atoms with E-state index in [0.717, 1.165) is 44.1 Å². The fourth-order valence-corrected chi connectivity index (χ4v) is 9.79. The zero-order valence-electron chi connectivity index (χ0n) is 50.7. The number of carboxylic acid groups (broad SMARTS) is 2. The van der Waals surface area contributed by atoms with Crippen molar-refractivity contribution in [2.75, 3.05) is 87.5 Å². The summed E-state index contributed by atoms with van der Waals surface area (Å²) in [6.07, 6.45) is 4.03. The van der Waals surface area contributed by atoms with E-state index in [1.165, 1.54) is 70.5 Å². The fraction of sp³-hybridized carbons (Fsp3) is 0.322. The predicted molar refractivity (Wildman–Crippen MR) is 334 cm³/mol. The molecule has 5 aliphatic rings. The van der Waals surface area contributed by atoms with Crippen LogP contribution in [0.4, 0.5) is 34.6 Å². The molecular weight excluding hydrogens is 1270 g/mol. The number of piperazine rings is 3. The van der Waals surface area contributed by atoms with Crippen LogP contribution in [0, 0.1) is 30.3 Å². The summed E-state index contributed by atoms with van der Waals surface area (Å²) in [5.74, 6) is -3.18. The Bertz CT molecular complexity index is 3750. The fourth-order valence-electron chi connectivity index (χ4n) is 9.79. The van der Waals surface area contributed by atoms with Crippen molar-refractivity contribution >= 4 is 82.1 Å². The number of nitro benzene ring substituents is 3. The van der Waals surface area contributed by atoms with E-state index in [1.54, 1.807) is 66.1 Å². The van der Waals surface area contributed by atoms with Gasteiger partial charge in [-0.15, -0.1) is 5.06 Å². The number of aliphatic hydroxyl groups is 4. The first kappa shape index (κ1) is 71.6. The molecule has 0 bridgehead atoms. The maximum Gasteiger partial charge on any atom is 0.364 e. The molecule has 96 heavy (non-hydrogen) atoms. The molecule has 4 fully saturated rings. The second-order valence-electron chi connectivity index (χ2n) is 21.0. The van der Waals surface area contributed by atoms with Crippen LogP contribution in [-0.2, 0) is 19.2 Å². The number of aliphatic hydroxyl groups excluding tert-OH is 2. The van der Waals surface area contributed by atoms with Crippen LogP contribution in [0.5, 0.6) is 0 Å². The van der Waals surface area contributed by atoms with E-state index in [-0.39, 0.29) is 65.6 Å². The molecule has 506 valence electrons. The zero-order chi connectivity index (χ0) is 69.6. The number of imide groups is 1. The van der Waals surface area contributed by atoms with Gasteiger partial charge in [-0.2, -0.15) is 0 Å². The first-order valence-corrected chi connectivity index (χ1v) is 29.2. The topological polar surface area (TPSA) is 513 Å². The summed E-state index contributed by atoms with van der Waals surface area (Å²) in [4.78, 5) is 144. The first-order valence-electron chi connectivity index (χ1n) is 29.2. The minimum atomic E-state index is -1.77. The van der Waals surface area contributed by atoms with Gasteiger partial charge in [0.25, 0.3) is 40.7 Å². The van der Waals surface area contributed by atoms with E-state index < -0.39 is 81.1 Å². The average molecular weight is 1330 g/mol. The van der Waals surface area contributed by atoms with Crippen LogP contribution in [-0.4, -0.2) is 235 Å². The Labute approximate surface area is 543 Å². The molecule has 3 atom stereocenters. The number of nitrogens with zero attached hydrogens (tertiary/aromatic N) is 14. The van der Waals surface area contributed by atoms with Gasteiger partial charge in [-0.3, -0.25) is 59.3 Å². The van der Waals surface area contributed by atoms with Gasteiger partial charge in [-0.1, -0.05) is 24.3 Å². The monoisotopic (exact) mass is 1330 g/mol. The van der Waals surface area contributed by atoms with Crippen LogP contribution in [0.15, 0.2) is 139 Å². The van der Waals surface area contributed by atoms with Crippen molar-refractivity contribution in [1.29, 1.82) is 0 Å². The van der Waals surface area contributed by atoms with Crippen LogP contribution >= 0.6 is 0 Å². The molecule has 2 aromatic heterocycles. The van der Waals surface area contributed by atoms with Gasteiger partial charge in [0, 0.05) is 163 Å². The van der Waals surface area contributed by atoms with Crippen molar-refractivity contribution in [2.45, 2.75) is 50.0 Å². The number of nitro groups is 3. The Morgan fingerprint density at radius 3 is 1.48 bits per heavy atom. The van der Waals surface area contributed by atoms with Gasteiger partial charge in [0.15, 0.2) is 18.5 Å². The maximum atomic E-state index is 12.8. The van der Waals surface area contributed by atoms with Gasteiger partial charge in [0.1, 0.15) is 18.1 Å². The molecular formula is C59H65N17O20. The molecule has 37 nitrogen and oxygen atoms in total. The van der Waals surface area contributed by atoms with E-state index in [1.807, 2.05) is 9.80 Å². The quantitative estimate of drug-likeness (QED) is 0.0250. The summed E-state index contributed by atoms with van der Waals surface area (Å²) < 4.78 is 0. The number of hydrogen-bond donors (Lipinski definition) is 9. The summed E-state index contributed by atoms with van der Waals surface area (Å²) in [5.41, 5.74) is 5.92. The molecule has 11 rings (SSSR count). The van der Waals surface area contributed by atoms with Crippen molar-refractivity contribution < 1.29 is 83.8 Å². The summed E-state index contributed by atoms with van der Waals surface area (Å²) in [6.45, 7) is 5.39. The standard InChI is InChI=1S/C16H17N5O5.C16H23N5O3.C11H8N2O6.C9H12N4O2.C7H5NO4/c22-14(11-3-1-4-12(9-11)21(25)26)20-8-7-19(10-13(20)15(23)24)16-17-5-2-6-18-16;17-12-4-1-3-11(9-12)14(22)21-8-7-20(10-13(21)15(23)24)16-18-5-2-6-19-16;14-9-4-5-10(15)12(9)19-11(16)7-2-1-3-8(6-7)13(17)18;14-8(15)7-6-13(5-4-10-7)9-11-2-1-3-12-9;9-7(10)5-2-1-3-6(4-5)8(11)12/h1-6,9,13,15,23-24H,7-8,10H2;1,3-4,9,13,15,23-24H,2,5-8,10,17H2,(H,18,19);1-3,6H,4-5H2;1-3,7,10H,4-6H2,(H,14,15);1-4H,(H,9,10). The third-order valence-electron chi connectivity index (χ3n) is 14.6. The Kier molecular flexibility index (Phi) is 25.5. The summed E-state index contributed by atoms with van der Waals surface area (Å²) in [7, 11) is 0. The van der Waals surface area contributed by atoms with Gasteiger partial charge in [0.2, 0.25) is 11.9 Å². The molecule has 0 radical (unpaired) electrons. The highest BCUT2D eigenvalue weighted by molar-refractivity contribution is 6.03. The van der Waals surface area contributed by atoms with E-state index in [0.29, 0.717) is 67.5 Å². The number of aliphatic imine (C=N–C) groups is 1. The number of hydrogen-bond acceptors (Lipinski definition) is 29. The number of aromatic nitrogens is 4. The lowest BCUT2D eigenvalue weighted by Crippen LogP contribution is -2.62. The van der Waals surface area contributed by atoms with Gasteiger partial charge >= 0.3 is 17.9 Å². The van der Waals surface area contributed by atoms with E-state index in [4.69, 9.17) is 15.9 Å². The van der Waals surface area contributed by atoms with Crippen LogP contribution in [0.2, 0.25) is 0 Å². The largest absolute Gasteiger partial charge is 0.480 e. The second kappa shape index (κ2) is 34.2. The highest BCUT2D eigenvalue weighted by Crippen LogP contribution is 2.24. The van der Waals surface area contributed by atoms with Crippen LogP contribution in [0.3, 0.4) is 0 Å². The third-order valence-corrected chi connectivity index (χ3v) is 14.6. The lowest BCUT2D eigenvalue weighted by molar-refractivity contribution is -0.385. The number of nitrogens with two attached hydrogens (primary N) is 1. The molecule has 37 heteroatoms. The minimum absolute atomic E-state index is 0.0128. The Balaban J connectivity index is 0.000000174. The number of aromatic carboxylic acids is 1. The number of benzene rings is 4. The molecule has 5 aliphatic heterocycles. The van der Waals surface area contributed by atoms with Crippen molar-refractivity contribution in [1.82, 2.24) is 50.3 Å². The SMILES string of the molecule is Nc1cccc(C(=O)N2CCN(C3=NCCCN3)CC2C(O)O)c1.O=C(O)C1CN(c2ncccn2)CCN1.O=C(O)c1cccc([N+](=O)[O-])c1.O=C(ON1C(=O)CCC1=O)c1cccc([N+](=O)[O-])c1.O=C(c1cccc([N+](=O)[O-])c1)N1CCN(c2ncccn2)CC1C(O)O. The van der Waals surface area contributed by atoms with E-state index >= 15 is 0 Å². The van der Waals surface area contributed by atoms with Gasteiger partial charge in [0.05, 0.1) is 25.9 Å². The molecule has 0 spiro atoms. The third kappa shape index (κ3) is 19.9. The molecule has 10 N–H and O–H groups in total. The summed E-state index contributed by atoms with van der Waals surface area (Å²) >= 11 is 0. The molecule has 0 saturated carbocycles. The van der Waals surface area contributed by atoms with Crippen LogP contribution in [0.25, 0.3) is 0 Å². The average Bonchev–Trinajstić information content (AvgIpc) is 0.979. The van der Waals surface area contributed by atoms with Gasteiger partial charge in [-0.05, 0) is 55.0 Å². The summed E-state index contributed by atoms with van der Waals surface area (Å²) in [6, 6.07) is 23.0. The molecule has 4 saturated heterocycles. The zero-order valence-corrected chi connectivity index (χ0v) is 50.7. The number of amides is 4. The summed E-state index contributed by atoms with van der Waals surface area (Å²) in [5, 5.41) is 94.5. The number of guanidine groups is 1. The predicted octanol–water partition coefficient (Wildman–Crippen LogP) is 0.530. The number of aliphatic carboxylic acids is 1. The lowest BCUT2D eigenvalue weighted by atomic mass is 10.1. The van der Waals surface area contributed by atoms with Crippen LogP contribution < -0.4 is 26.2 Å². The number of carbonyl (C=O) groups is 7. The normalized spacial score (nSPS) is 17.5.